The van der Waals surface area contributed by atoms with Crippen LogP contribution in [0.5, 0.6) is 0 Å². The molecule has 0 saturated heterocycles. The lowest BCUT2D eigenvalue weighted by Gasteiger charge is -2.49. The van der Waals surface area contributed by atoms with Crippen LogP contribution in [0.3, 0.4) is 0 Å². The number of benzene rings is 2. The number of para-hydroxylation sites is 1. The van der Waals surface area contributed by atoms with Gasteiger partial charge in [-0.3, -0.25) is 0 Å². The summed E-state index contributed by atoms with van der Waals surface area (Å²) in [5, 5.41) is 0. The maximum absolute atomic E-state index is 3.01. The van der Waals surface area contributed by atoms with Gasteiger partial charge in [0.15, 0.2) is 6.71 Å². The van der Waals surface area contributed by atoms with Crippen LogP contribution in [0.1, 0.15) is 148 Å². The fourth-order valence-electron chi connectivity index (χ4n) is 9.64. The number of hydrogen-bond acceptors (Lipinski definition) is 2. The average molecular weight is 581 g/mol. The zero-order valence-corrected chi connectivity index (χ0v) is 27.5. The standard InChI is InChI=1S/C40H61BN2/c1-2-4-12-21-32-41-36-28-19-10-7-11-20-29-37(36)43(35-26-17-14-18-27-35)39-31-23-30-38(40(39)41)42(33-22-13-5-3-1)34-24-15-8-6-9-16-25-34/h14,17-18,23,26-27,30-31,34,36-37H,1-13,15-16,19-22,24-25,28-29,32-33H2. The molecule has 2 heterocycles. The summed E-state index contributed by atoms with van der Waals surface area (Å²) >= 11 is 0. The van der Waals surface area contributed by atoms with E-state index in [-0.39, 0.29) is 0 Å². The molecule has 0 N–H and O–H groups in total. The minimum Gasteiger partial charge on any atom is -0.369 e. The van der Waals surface area contributed by atoms with Crippen molar-refractivity contribution in [3.63, 3.8) is 0 Å². The first-order valence-corrected chi connectivity index (χ1v) is 19.2. The highest BCUT2D eigenvalue weighted by molar-refractivity contribution is 6.78. The summed E-state index contributed by atoms with van der Waals surface area (Å²) in [5.74, 6) is 0.766. The first kappa shape index (κ1) is 31.1. The van der Waals surface area contributed by atoms with Crippen molar-refractivity contribution in [1.29, 1.82) is 0 Å². The van der Waals surface area contributed by atoms with Crippen molar-refractivity contribution in [1.82, 2.24) is 0 Å². The highest BCUT2D eigenvalue weighted by Crippen LogP contribution is 2.46. The maximum atomic E-state index is 3.01. The van der Waals surface area contributed by atoms with Crippen LogP contribution < -0.4 is 15.3 Å². The number of hydrogen-bond donors (Lipinski definition) is 0. The van der Waals surface area contributed by atoms with Crippen LogP contribution in [0, 0.1) is 0 Å². The Morgan fingerprint density at radius 1 is 0.488 bits per heavy atom. The Balaban J connectivity index is 1.48. The Hall–Kier alpha value is -1.90. The normalized spacial score (nSPS) is 25.9. The third kappa shape index (κ3) is 7.85. The minimum atomic E-state index is 0.630. The predicted octanol–water partition coefficient (Wildman–Crippen LogP) is 11.5. The molecule has 3 heteroatoms. The average Bonchev–Trinajstić information content (AvgIpc) is 3.13. The van der Waals surface area contributed by atoms with Crippen LogP contribution in [0.25, 0.3) is 0 Å². The van der Waals surface area contributed by atoms with Gasteiger partial charge in [0.05, 0.1) is 0 Å². The van der Waals surface area contributed by atoms with Gasteiger partial charge < -0.3 is 9.80 Å². The summed E-state index contributed by atoms with van der Waals surface area (Å²) in [6.07, 6.45) is 34.0. The number of nitrogens with zero attached hydrogens (tertiary/aromatic N) is 2. The third-order valence-corrected chi connectivity index (χ3v) is 11.8. The summed E-state index contributed by atoms with van der Waals surface area (Å²) in [7, 11) is 0. The quantitative estimate of drug-likeness (QED) is 0.326. The van der Waals surface area contributed by atoms with Gasteiger partial charge in [-0.25, -0.2) is 0 Å². The smallest absolute Gasteiger partial charge is 0.186 e. The van der Waals surface area contributed by atoms with E-state index >= 15 is 0 Å². The predicted molar refractivity (Wildman–Crippen MR) is 190 cm³/mol. The van der Waals surface area contributed by atoms with Crippen molar-refractivity contribution in [3.8, 4) is 0 Å². The number of fused-ring (bicyclic) bond motifs is 2. The zero-order valence-electron chi connectivity index (χ0n) is 27.5. The largest absolute Gasteiger partial charge is 0.369 e. The van der Waals surface area contributed by atoms with Crippen molar-refractivity contribution in [2.45, 2.75) is 172 Å². The molecule has 234 valence electrons. The fraction of sp³-hybridized carbons (Fsp3) is 0.700. The van der Waals surface area contributed by atoms with E-state index in [1.807, 2.05) is 0 Å². The topological polar surface area (TPSA) is 6.48 Å². The summed E-state index contributed by atoms with van der Waals surface area (Å²) in [4.78, 5) is 5.88. The van der Waals surface area contributed by atoms with Gasteiger partial charge >= 0.3 is 0 Å². The fourth-order valence-corrected chi connectivity index (χ4v) is 9.64. The van der Waals surface area contributed by atoms with Crippen LogP contribution in [-0.2, 0) is 0 Å². The zero-order chi connectivity index (χ0) is 29.1. The van der Waals surface area contributed by atoms with Gasteiger partial charge in [0, 0.05) is 35.7 Å². The molecule has 2 nitrogen and oxygen atoms in total. The minimum absolute atomic E-state index is 0.630. The molecule has 0 radical (unpaired) electrons. The third-order valence-electron chi connectivity index (χ3n) is 11.8. The highest BCUT2D eigenvalue weighted by Gasteiger charge is 2.45. The molecule has 2 aliphatic heterocycles. The van der Waals surface area contributed by atoms with Crippen LogP contribution in [-0.4, -0.2) is 25.3 Å². The molecule has 4 aliphatic rings. The molecule has 2 aliphatic carbocycles. The van der Waals surface area contributed by atoms with E-state index < -0.39 is 0 Å². The van der Waals surface area contributed by atoms with Crippen molar-refractivity contribution >= 4 is 29.2 Å². The molecule has 0 aromatic heterocycles. The van der Waals surface area contributed by atoms with E-state index in [0.717, 1.165) is 5.82 Å². The lowest BCUT2D eigenvalue weighted by atomic mass is 9.30. The lowest BCUT2D eigenvalue weighted by Crippen LogP contribution is -2.55. The summed E-state index contributed by atoms with van der Waals surface area (Å²) in [5.41, 5.74) is 6.39. The molecule has 2 aromatic carbocycles. The van der Waals surface area contributed by atoms with E-state index in [4.69, 9.17) is 0 Å². The van der Waals surface area contributed by atoms with Crippen LogP contribution >= 0.6 is 0 Å². The van der Waals surface area contributed by atoms with E-state index in [1.165, 1.54) is 166 Å². The first-order valence-electron chi connectivity index (χ1n) is 19.2. The van der Waals surface area contributed by atoms with Crippen LogP contribution in [0.4, 0.5) is 17.1 Å². The van der Waals surface area contributed by atoms with Crippen LogP contribution in [0.2, 0.25) is 12.1 Å². The van der Waals surface area contributed by atoms with Crippen molar-refractivity contribution < 1.29 is 0 Å². The van der Waals surface area contributed by atoms with Gasteiger partial charge in [-0.2, -0.15) is 0 Å². The maximum Gasteiger partial charge on any atom is 0.186 e. The van der Waals surface area contributed by atoms with E-state index in [1.54, 1.807) is 16.8 Å². The van der Waals surface area contributed by atoms with Gasteiger partial charge in [-0.05, 0) is 61.2 Å². The molecule has 2 unspecified atom stereocenters. The second-order valence-corrected chi connectivity index (χ2v) is 14.8. The molecule has 0 spiro atoms. The van der Waals surface area contributed by atoms with Gasteiger partial charge in [0.25, 0.3) is 0 Å². The molecular weight excluding hydrogens is 519 g/mol. The van der Waals surface area contributed by atoms with Crippen molar-refractivity contribution in [3.05, 3.63) is 48.5 Å². The molecule has 2 saturated carbocycles. The van der Waals surface area contributed by atoms with Crippen LogP contribution in [0.15, 0.2) is 48.5 Å². The molecule has 0 amide bonds. The van der Waals surface area contributed by atoms with Crippen molar-refractivity contribution in [2.75, 3.05) is 16.3 Å². The lowest BCUT2D eigenvalue weighted by molar-refractivity contribution is 0.424. The highest BCUT2D eigenvalue weighted by atomic mass is 15.2. The first-order chi connectivity index (χ1) is 21.4. The second kappa shape index (κ2) is 16.4. The second-order valence-electron chi connectivity index (χ2n) is 14.8. The molecule has 0 bridgehead atoms. The Labute approximate surface area is 265 Å². The Morgan fingerprint density at radius 2 is 1.05 bits per heavy atom. The van der Waals surface area contributed by atoms with Gasteiger partial charge in [0.2, 0.25) is 0 Å². The monoisotopic (exact) mass is 580 g/mol. The van der Waals surface area contributed by atoms with E-state index in [2.05, 4.69) is 58.3 Å². The molecule has 6 rings (SSSR count). The van der Waals surface area contributed by atoms with Gasteiger partial charge in [-0.1, -0.05) is 153 Å². The Morgan fingerprint density at radius 3 is 1.74 bits per heavy atom. The Kier molecular flexibility index (Phi) is 11.9. The molecule has 2 atom stereocenters. The summed E-state index contributed by atoms with van der Waals surface area (Å²) in [6, 6.07) is 20.5. The van der Waals surface area contributed by atoms with Gasteiger partial charge in [-0.15, -0.1) is 0 Å². The van der Waals surface area contributed by atoms with Gasteiger partial charge in [0.1, 0.15) is 0 Å². The number of rotatable bonds is 2. The summed E-state index contributed by atoms with van der Waals surface area (Å²) < 4.78 is 0. The van der Waals surface area contributed by atoms with E-state index in [0.29, 0.717) is 18.8 Å². The molecular formula is C40H61BN2. The Bertz CT molecular complexity index is 1080. The van der Waals surface area contributed by atoms with Crippen molar-refractivity contribution in [2.24, 2.45) is 0 Å². The molecule has 2 fully saturated rings. The summed E-state index contributed by atoms with van der Waals surface area (Å²) in [6.45, 7) is 1.96. The number of anilines is 3. The SMILES string of the molecule is c1ccc(N2c3cccc4c3B(CCCCCCCCCCCN4C3CCCCCCC3)C3CCCCCCCC32)cc1. The molecule has 2 aromatic rings. The molecule has 43 heavy (non-hydrogen) atoms. The van der Waals surface area contributed by atoms with E-state index in [9.17, 15) is 0 Å².